The molecule has 12 heteroatoms. The Morgan fingerprint density at radius 1 is 1.41 bits per heavy atom. The van der Waals surface area contributed by atoms with Gasteiger partial charge in [0.2, 0.25) is 11.6 Å². The summed E-state index contributed by atoms with van der Waals surface area (Å²) in [4.78, 5) is 13.8. The molecule has 1 amide bonds. The van der Waals surface area contributed by atoms with Crippen LogP contribution in [0.25, 0.3) is 5.82 Å². The summed E-state index contributed by atoms with van der Waals surface area (Å²) in [5.74, 6) is 0.231. The van der Waals surface area contributed by atoms with E-state index in [0.717, 1.165) is 13.1 Å². The first kappa shape index (κ1) is 18.3. The number of furan rings is 1. The molecule has 0 atom stereocenters. The third-order valence-electron chi connectivity index (χ3n) is 3.99. The highest BCUT2D eigenvalue weighted by atomic mass is 16.6. The number of anilines is 1. The first-order chi connectivity index (χ1) is 13.1. The van der Waals surface area contributed by atoms with Crippen molar-refractivity contribution in [1.29, 1.82) is 0 Å². The number of hydrogen-bond donors (Lipinski definition) is 3. The van der Waals surface area contributed by atoms with Gasteiger partial charge in [0.05, 0.1) is 25.6 Å². The lowest BCUT2D eigenvalue weighted by molar-refractivity contribution is -0.910. The van der Waals surface area contributed by atoms with Gasteiger partial charge in [0.15, 0.2) is 5.69 Å². The van der Waals surface area contributed by atoms with E-state index in [1.165, 1.54) is 22.1 Å². The van der Waals surface area contributed by atoms with E-state index in [1.807, 2.05) is 13.8 Å². The molecule has 12 nitrogen and oxygen atoms in total. The molecule has 0 fully saturated rings. The van der Waals surface area contributed by atoms with E-state index in [9.17, 15) is 4.79 Å². The fourth-order valence-electron chi connectivity index (χ4n) is 2.45. The number of aromatic nitrogens is 5. The monoisotopic (exact) mass is 374 g/mol. The van der Waals surface area contributed by atoms with Crippen LogP contribution in [-0.4, -0.2) is 50.5 Å². The molecule has 3 heterocycles. The van der Waals surface area contributed by atoms with Gasteiger partial charge in [-0.25, -0.2) is 10.1 Å². The quantitative estimate of drug-likeness (QED) is 0.335. The Kier molecular flexibility index (Phi) is 5.56. The van der Waals surface area contributed by atoms with E-state index >= 15 is 0 Å². The first-order valence-electron chi connectivity index (χ1n) is 8.37. The highest BCUT2D eigenvalue weighted by Crippen LogP contribution is 2.15. The molecule has 0 saturated carbocycles. The Morgan fingerprint density at radius 3 is 2.85 bits per heavy atom. The van der Waals surface area contributed by atoms with Crippen molar-refractivity contribution in [2.75, 3.05) is 18.8 Å². The van der Waals surface area contributed by atoms with Gasteiger partial charge in [-0.15, -0.1) is 5.10 Å². The minimum absolute atomic E-state index is 0.0542. The van der Waals surface area contributed by atoms with E-state index < -0.39 is 5.91 Å². The van der Waals surface area contributed by atoms with Gasteiger partial charge in [0, 0.05) is 0 Å². The van der Waals surface area contributed by atoms with Crippen molar-refractivity contribution in [2.45, 2.75) is 20.4 Å². The van der Waals surface area contributed by atoms with Gasteiger partial charge in [-0.2, -0.15) is 9.78 Å². The third kappa shape index (κ3) is 4.00. The second-order valence-corrected chi connectivity index (χ2v) is 5.62. The number of quaternary nitrogens is 1. The van der Waals surface area contributed by atoms with Gasteiger partial charge in [-0.05, 0) is 36.3 Å². The highest BCUT2D eigenvalue weighted by Gasteiger charge is 2.26. The molecular weight excluding hydrogens is 354 g/mol. The summed E-state index contributed by atoms with van der Waals surface area (Å²) in [5, 5.41) is 19.1. The van der Waals surface area contributed by atoms with Gasteiger partial charge in [-0.1, -0.05) is 5.21 Å². The summed E-state index contributed by atoms with van der Waals surface area (Å²) in [5.41, 5.74) is 8.82. The van der Waals surface area contributed by atoms with Crippen LogP contribution in [0.1, 0.15) is 35.8 Å². The molecule has 0 saturated heterocycles. The molecule has 0 bridgehead atoms. The Morgan fingerprint density at radius 2 is 2.22 bits per heavy atom. The lowest BCUT2D eigenvalue weighted by Crippen LogP contribution is -3.10. The van der Waals surface area contributed by atoms with Crippen molar-refractivity contribution in [3.8, 4) is 5.82 Å². The molecule has 0 aromatic carbocycles. The number of carbonyl (C=O) groups is 1. The van der Waals surface area contributed by atoms with Crippen LogP contribution in [0.3, 0.4) is 0 Å². The summed E-state index contributed by atoms with van der Waals surface area (Å²) in [6.45, 7) is 6.29. The topological polar surface area (TPSA) is 155 Å². The van der Waals surface area contributed by atoms with Crippen LogP contribution in [0, 0.1) is 0 Å². The number of amides is 1. The fourth-order valence-corrected chi connectivity index (χ4v) is 2.45. The SMILES string of the molecule is CC[NH+](CC)Cc1c(C(=O)N/N=C\c2ccco2)nnn1-c1nonc1N. The number of hydrogen-bond acceptors (Lipinski definition) is 9. The fraction of sp³-hybridized carbons (Fsp3) is 0.333. The molecule has 4 N–H and O–H groups in total. The maximum Gasteiger partial charge on any atom is 0.294 e. The normalized spacial score (nSPS) is 11.5. The second-order valence-electron chi connectivity index (χ2n) is 5.62. The van der Waals surface area contributed by atoms with Gasteiger partial charge >= 0.3 is 0 Å². The van der Waals surface area contributed by atoms with Crippen molar-refractivity contribution < 1.29 is 18.7 Å². The van der Waals surface area contributed by atoms with Crippen LogP contribution < -0.4 is 16.1 Å². The minimum atomic E-state index is -0.513. The molecule has 0 aliphatic rings. The van der Waals surface area contributed by atoms with Crippen LogP contribution in [0.15, 0.2) is 32.5 Å². The van der Waals surface area contributed by atoms with Crippen molar-refractivity contribution >= 4 is 17.9 Å². The standard InChI is InChI=1S/C15H19N9O3/c1-3-23(4-2)9-11-12(15(25)19-17-8-10-6-5-7-26-10)18-22-24(11)14-13(16)20-27-21-14/h5-8H,3-4,9H2,1-2H3,(H2,16,20)(H,19,25)/p+1/b17-8-. The van der Waals surface area contributed by atoms with Crippen LogP contribution in [-0.2, 0) is 6.54 Å². The maximum absolute atomic E-state index is 12.5. The third-order valence-corrected chi connectivity index (χ3v) is 3.99. The van der Waals surface area contributed by atoms with Gasteiger partial charge < -0.3 is 15.1 Å². The van der Waals surface area contributed by atoms with E-state index in [1.54, 1.807) is 12.1 Å². The van der Waals surface area contributed by atoms with Gasteiger partial charge in [-0.3, -0.25) is 4.79 Å². The summed E-state index contributed by atoms with van der Waals surface area (Å²) in [6.07, 6.45) is 2.90. The molecule has 3 aromatic rings. The predicted molar refractivity (Wildman–Crippen MR) is 93.1 cm³/mol. The largest absolute Gasteiger partial charge is 0.463 e. The number of hydrazone groups is 1. The smallest absolute Gasteiger partial charge is 0.294 e. The highest BCUT2D eigenvalue weighted by molar-refractivity contribution is 5.94. The van der Waals surface area contributed by atoms with E-state index in [-0.39, 0.29) is 17.3 Å². The molecule has 0 unspecified atom stereocenters. The molecule has 0 radical (unpaired) electrons. The zero-order valence-electron chi connectivity index (χ0n) is 14.9. The molecule has 3 aromatic heterocycles. The number of nitrogens with zero attached hydrogens (tertiary/aromatic N) is 6. The maximum atomic E-state index is 12.5. The average molecular weight is 374 g/mol. The summed E-state index contributed by atoms with van der Waals surface area (Å²) < 4.78 is 11.1. The Bertz CT molecular complexity index is 909. The zero-order valence-corrected chi connectivity index (χ0v) is 14.9. The predicted octanol–water partition coefficient (Wildman–Crippen LogP) is -0.986. The second kappa shape index (κ2) is 8.23. The molecule has 0 spiro atoms. The van der Waals surface area contributed by atoms with Crippen LogP contribution in [0.5, 0.6) is 0 Å². The molecule has 142 valence electrons. The Hall–Kier alpha value is -3.54. The number of nitrogens with two attached hydrogens (primary N) is 1. The molecule has 27 heavy (non-hydrogen) atoms. The Balaban J connectivity index is 1.88. The van der Waals surface area contributed by atoms with Crippen molar-refractivity contribution in [3.63, 3.8) is 0 Å². The molecule has 0 aliphatic carbocycles. The van der Waals surface area contributed by atoms with Crippen molar-refractivity contribution in [3.05, 3.63) is 35.5 Å². The summed E-state index contributed by atoms with van der Waals surface area (Å²) in [7, 11) is 0. The number of nitrogen functional groups attached to an aromatic ring is 1. The number of carbonyl (C=O) groups excluding carboxylic acids is 1. The van der Waals surface area contributed by atoms with Gasteiger partial charge in [0.1, 0.15) is 18.0 Å². The molecule has 3 rings (SSSR count). The van der Waals surface area contributed by atoms with Crippen LogP contribution >= 0.6 is 0 Å². The number of nitrogens with one attached hydrogen (secondary N) is 2. The number of rotatable bonds is 8. The Labute approximate surface area is 154 Å². The molecule has 0 aliphatic heterocycles. The molecular formula is C15H20N9O3+. The minimum Gasteiger partial charge on any atom is -0.463 e. The van der Waals surface area contributed by atoms with Gasteiger partial charge in [0.25, 0.3) is 5.91 Å². The average Bonchev–Trinajstić information content (AvgIpc) is 3.40. The van der Waals surface area contributed by atoms with Crippen LogP contribution in [0.4, 0.5) is 5.82 Å². The first-order valence-corrected chi connectivity index (χ1v) is 8.37. The van der Waals surface area contributed by atoms with Crippen molar-refractivity contribution in [1.82, 2.24) is 30.7 Å². The lowest BCUT2D eigenvalue weighted by Gasteiger charge is -2.15. The lowest BCUT2D eigenvalue weighted by atomic mass is 10.2. The summed E-state index contributed by atoms with van der Waals surface area (Å²) in [6, 6.07) is 3.43. The zero-order chi connectivity index (χ0) is 19.2. The van der Waals surface area contributed by atoms with E-state index in [4.69, 9.17) is 10.2 Å². The van der Waals surface area contributed by atoms with Crippen LogP contribution in [0.2, 0.25) is 0 Å². The van der Waals surface area contributed by atoms with Crippen molar-refractivity contribution in [2.24, 2.45) is 5.10 Å². The van der Waals surface area contributed by atoms with E-state index in [2.05, 4.69) is 35.8 Å². The summed E-state index contributed by atoms with van der Waals surface area (Å²) >= 11 is 0. The van der Waals surface area contributed by atoms with E-state index in [0.29, 0.717) is 18.0 Å².